The molecule has 0 bridgehead atoms. The molecule has 1 aromatic rings. The van der Waals surface area contributed by atoms with Crippen molar-refractivity contribution in [3.8, 4) is 0 Å². The second-order valence-corrected chi connectivity index (χ2v) is 6.98. The van der Waals surface area contributed by atoms with Crippen LogP contribution in [0.1, 0.15) is 49.8 Å². The van der Waals surface area contributed by atoms with E-state index in [0.717, 1.165) is 76.0 Å². The lowest BCUT2D eigenvalue weighted by atomic mass is 9.76. The first-order chi connectivity index (χ1) is 10.2. The van der Waals surface area contributed by atoms with Crippen molar-refractivity contribution in [1.82, 2.24) is 9.97 Å². The number of nitrogens with zero attached hydrogens (tertiary/aromatic N) is 3. The first-order valence-corrected chi connectivity index (χ1v) is 8.26. The van der Waals surface area contributed by atoms with Crippen molar-refractivity contribution in [2.45, 2.75) is 57.5 Å². The molecule has 1 saturated heterocycles. The fourth-order valence-corrected chi connectivity index (χ4v) is 4.63. The SMILES string of the molecule is Nc1nc2c(c(N3CCC[C@]4(CCC[C@H]4O)C3)n1)CCC2. The van der Waals surface area contributed by atoms with Crippen LogP contribution < -0.4 is 10.6 Å². The maximum absolute atomic E-state index is 10.4. The van der Waals surface area contributed by atoms with E-state index in [1.54, 1.807) is 0 Å². The first kappa shape index (κ1) is 13.3. The molecule has 21 heavy (non-hydrogen) atoms. The maximum atomic E-state index is 10.4. The standard InChI is InChI=1S/C16H24N4O/c17-15-18-12-5-1-4-11(12)14(19-15)20-9-3-8-16(10-20)7-2-6-13(16)21/h13,21H,1-10H2,(H2,17,18,19)/t13-,16-/m1/s1. The normalized spacial score (nSPS) is 31.9. The summed E-state index contributed by atoms with van der Waals surface area (Å²) in [6, 6.07) is 0. The van der Waals surface area contributed by atoms with Gasteiger partial charge in [0.2, 0.25) is 5.95 Å². The Morgan fingerprint density at radius 1 is 1.14 bits per heavy atom. The van der Waals surface area contributed by atoms with E-state index >= 15 is 0 Å². The number of aryl methyl sites for hydroxylation is 1. The average molecular weight is 288 g/mol. The number of aromatic nitrogens is 2. The van der Waals surface area contributed by atoms with Gasteiger partial charge in [-0.1, -0.05) is 6.42 Å². The van der Waals surface area contributed by atoms with Crippen LogP contribution in [0.4, 0.5) is 11.8 Å². The van der Waals surface area contributed by atoms with Gasteiger partial charge in [-0.15, -0.1) is 0 Å². The Bertz CT molecular complexity index is 561. The molecule has 2 fully saturated rings. The van der Waals surface area contributed by atoms with E-state index in [1.807, 2.05) is 0 Å². The van der Waals surface area contributed by atoms with Crippen LogP contribution in [-0.2, 0) is 12.8 Å². The summed E-state index contributed by atoms with van der Waals surface area (Å²) in [4.78, 5) is 11.3. The van der Waals surface area contributed by atoms with Crippen LogP contribution in [0.15, 0.2) is 0 Å². The fraction of sp³-hybridized carbons (Fsp3) is 0.750. The molecule has 3 aliphatic rings. The van der Waals surface area contributed by atoms with E-state index in [9.17, 15) is 5.11 Å². The second kappa shape index (κ2) is 4.83. The molecular weight excluding hydrogens is 264 g/mol. The van der Waals surface area contributed by atoms with Gasteiger partial charge in [-0.25, -0.2) is 4.98 Å². The van der Waals surface area contributed by atoms with Crippen LogP contribution in [0, 0.1) is 5.41 Å². The molecule has 5 nitrogen and oxygen atoms in total. The predicted octanol–water partition coefficient (Wildman–Crippen LogP) is 1.68. The molecule has 0 amide bonds. The summed E-state index contributed by atoms with van der Waals surface area (Å²) in [5.74, 6) is 1.45. The third-order valence-corrected chi connectivity index (χ3v) is 5.70. The number of hydrogen-bond acceptors (Lipinski definition) is 5. The zero-order valence-electron chi connectivity index (χ0n) is 12.5. The van der Waals surface area contributed by atoms with Crippen molar-refractivity contribution in [3.63, 3.8) is 0 Å². The molecular formula is C16H24N4O. The topological polar surface area (TPSA) is 75.3 Å². The summed E-state index contributed by atoms with van der Waals surface area (Å²) < 4.78 is 0. The van der Waals surface area contributed by atoms with Crippen molar-refractivity contribution in [1.29, 1.82) is 0 Å². The lowest BCUT2D eigenvalue weighted by molar-refractivity contribution is 0.0407. The van der Waals surface area contributed by atoms with Crippen molar-refractivity contribution in [2.75, 3.05) is 23.7 Å². The number of aliphatic hydroxyl groups excluding tert-OH is 1. The molecule has 1 saturated carbocycles. The smallest absolute Gasteiger partial charge is 0.222 e. The molecule has 5 heteroatoms. The van der Waals surface area contributed by atoms with Gasteiger partial charge in [0.1, 0.15) is 5.82 Å². The molecule has 0 unspecified atom stereocenters. The maximum Gasteiger partial charge on any atom is 0.222 e. The Balaban J connectivity index is 1.68. The summed E-state index contributed by atoms with van der Waals surface area (Å²) >= 11 is 0. The second-order valence-electron chi connectivity index (χ2n) is 6.98. The Labute approximate surface area is 125 Å². The van der Waals surface area contributed by atoms with Gasteiger partial charge >= 0.3 is 0 Å². The van der Waals surface area contributed by atoms with Crippen LogP contribution in [0.25, 0.3) is 0 Å². The summed E-state index contributed by atoms with van der Waals surface area (Å²) in [6.07, 6.45) is 8.64. The molecule has 2 atom stereocenters. The Kier molecular flexibility index (Phi) is 3.06. The molecule has 1 aromatic heterocycles. The first-order valence-electron chi connectivity index (χ1n) is 8.26. The van der Waals surface area contributed by atoms with Crippen molar-refractivity contribution < 1.29 is 5.11 Å². The largest absolute Gasteiger partial charge is 0.392 e. The van der Waals surface area contributed by atoms with E-state index in [4.69, 9.17) is 5.73 Å². The minimum Gasteiger partial charge on any atom is -0.392 e. The molecule has 0 aromatic carbocycles. The number of piperidine rings is 1. The number of nitrogen functional groups attached to an aromatic ring is 1. The molecule has 1 spiro atoms. The van der Waals surface area contributed by atoms with Crippen molar-refractivity contribution in [3.05, 3.63) is 11.3 Å². The number of nitrogens with two attached hydrogens (primary N) is 1. The average Bonchev–Trinajstić information content (AvgIpc) is 3.06. The molecule has 2 aliphatic carbocycles. The quantitative estimate of drug-likeness (QED) is 0.822. The number of rotatable bonds is 1. The highest BCUT2D eigenvalue weighted by atomic mass is 16.3. The molecule has 1 aliphatic heterocycles. The van der Waals surface area contributed by atoms with Crippen molar-refractivity contribution >= 4 is 11.8 Å². The van der Waals surface area contributed by atoms with Gasteiger partial charge in [-0.2, -0.15) is 4.98 Å². The lowest BCUT2D eigenvalue weighted by Gasteiger charge is -2.43. The highest BCUT2D eigenvalue weighted by Gasteiger charge is 2.45. The number of anilines is 2. The van der Waals surface area contributed by atoms with Gasteiger partial charge in [0.25, 0.3) is 0 Å². The summed E-state index contributed by atoms with van der Waals surface area (Å²) in [6.45, 7) is 1.95. The third kappa shape index (κ3) is 2.09. The van der Waals surface area contributed by atoms with Gasteiger partial charge in [-0.3, -0.25) is 0 Å². The Hall–Kier alpha value is -1.36. The Morgan fingerprint density at radius 2 is 2.00 bits per heavy atom. The van der Waals surface area contributed by atoms with E-state index in [1.165, 1.54) is 5.56 Å². The van der Waals surface area contributed by atoms with Crippen LogP contribution in [0.5, 0.6) is 0 Å². The molecule has 4 rings (SSSR count). The minimum absolute atomic E-state index is 0.0868. The zero-order chi connectivity index (χ0) is 14.4. The van der Waals surface area contributed by atoms with Gasteiger partial charge < -0.3 is 15.7 Å². The minimum atomic E-state index is -0.146. The highest BCUT2D eigenvalue weighted by Crippen LogP contribution is 2.46. The molecule has 3 N–H and O–H groups in total. The molecule has 0 radical (unpaired) electrons. The van der Waals surface area contributed by atoms with Crippen LogP contribution in [-0.4, -0.2) is 34.3 Å². The van der Waals surface area contributed by atoms with Gasteiger partial charge in [0.05, 0.1) is 11.8 Å². The van der Waals surface area contributed by atoms with Crippen LogP contribution in [0.2, 0.25) is 0 Å². The Morgan fingerprint density at radius 3 is 2.81 bits per heavy atom. The van der Waals surface area contributed by atoms with Gasteiger partial charge in [0, 0.05) is 24.1 Å². The zero-order valence-corrected chi connectivity index (χ0v) is 12.5. The summed E-state index contributed by atoms with van der Waals surface area (Å²) in [5.41, 5.74) is 8.44. The van der Waals surface area contributed by atoms with E-state index in [0.29, 0.717) is 5.95 Å². The van der Waals surface area contributed by atoms with Crippen LogP contribution >= 0.6 is 0 Å². The third-order valence-electron chi connectivity index (χ3n) is 5.70. The summed E-state index contributed by atoms with van der Waals surface area (Å²) in [7, 11) is 0. The predicted molar refractivity (Wildman–Crippen MR) is 82.2 cm³/mol. The fourth-order valence-electron chi connectivity index (χ4n) is 4.63. The van der Waals surface area contributed by atoms with Crippen molar-refractivity contribution in [2.24, 2.45) is 5.41 Å². The van der Waals surface area contributed by atoms with Gasteiger partial charge in [0.15, 0.2) is 0 Å². The number of aliphatic hydroxyl groups is 1. The van der Waals surface area contributed by atoms with E-state index in [2.05, 4.69) is 14.9 Å². The monoisotopic (exact) mass is 288 g/mol. The van der Waals surface area contributed by atoms with E-state index in [-0.39, 0.29) is 11.5 Å². The molecule has 2 heterocycles. The van der Waals surface area contributed by atoms with Crippen LogP contribution in [0.3, 0.4) is 0 Å². The highest BCUT2D eigenvalue weighted by molar-refractivity contribution is 5.54. The van der Waals surface area contributed by atoms with Gasteiger partial charge in [-0.05, 0) is 44.9 Å². The number of hydrogen-bond donors (Lipinski definition) is 2. The van der Waals surface area contributed by atoms with E-state index < -0.39 is 0 Å². The molecule has 114 valence electrons. The lowest BCUT2D eigenvalue weighted by Crippen LogP contribution is -2.48. The summed E-state index contributed by atoms with van der Waals surface area (Å²) in [5, 5.41) is 10.4. The number of fused-ring (bicyclic) bond motifs is 1.